The summed E-state index contributed by atoms with van der Waals surface area (Å²) in [5.74, 6) is 6.32. The van der Waals surface area contributed by atoms with Crippen molar-refractivity contribution in [1.29, 1.82) is 0 Å². The first kappa shape index (κ1) is 34.0. The number of halogens is 2. The maximum atomic E-state index is 13.7. The molecule has 0 radical (unpaired) electrons. The first-order valence-corrected chi connectivity index (χ1v) is 13.5. The summed E-state index contributed by atoms with van der Waals surface area (Å²) in [5.41, 5.74) is 20.0. The SMILES string of the molecule is COc1cccc(C#Cc2cc(Cc3cnc(N)nc3N)c3c(=O)c(C(=O)O)cn(C4CCC(N)CC4)c3c2)c1OC.Cl.Cl. The van der Waals surface area contributed by atoms with Crippen LogP contribution in [0, 0.1) is 11.8 Å². The Morgan fingerprint density at radius 2 is 1.80 bits per heavy atom. The van der Waals surface area contributed by atoms with Crippen LogP contribution in [-0.2, 0) is 6.42 Å². The second-order valence-corrected chi connectivity index (χ2v) is 10.3. The van der Waals surface area contributed by atoms with Gasteiger partial charge in [0, 0.05) is 42.0 Å². The van der Waals surface area contributed by atoms with Gasteiger partial charge in [0.05, 0.1) is 30.7 Å². The molecule has 0 amide bonds. The monoisotopic (exact) mass is 640 g/mol. The quantitative estimate of drug-likeness (QED) is 0.225. The number of nitrogen functional groups attached to an aromatic ring is 2. The number of anilines is 2. The van der Waals surface area contributed by atoms with Crippen molar-refractivity contribution in [1.82, 2.24) is 14.5 Å². The lowest BCUT2D eigenvalue weighted by Crippen LogP contribution is -2.29. The number of para-hydroxylation sites is 1. The molecular weight excluding hydrogens is 607 g/mol. The topological polar surface area (TPSA) is 182 Å². The van der Waals surface area contributed by atoms with Crippen LogP contribution in [-0.4, -0.2) is 45.9 Å². The van der Waals surface area contributed by atoms with Crippen LogP contribution in [0.25, 0.3) is 10.9 Å². The van der Waals surface area contributed by atoms with Gasteiger partial charge >= 0.3 is 5.97 Å². The van der Waals surface area contributed by atoms with Gasteiger partial charge in [-0.2, -0.15) is 4.98 Å². The maximum absolute atomic E-state index is 13.7. The van der Waals surface area contributed by atoms with Crippen molar-refractivity contribution < 1.29 is 19.4 Å². The highest BCUT2D eigenvalue weighted by Crippen LogP contribution is 2.33. The van der Waals surface area contributed by atoms with Crippen molar-refractivity contribution in [3.05, 3.63) is 80.8 Å². The van der Waals surface area contributed by atoms with Crippen LogP contribution in [0.15, 0.2) is 47.5 Å². The van der Waals surface area contributed by atoms with E-state index in [1.54, 1.807) is 26.4 Å². The van der Waals surface area contributed by atoms with Gasteiger partial charge in [-0.25, -0.2) is 9.78 Å². The highest BCUT2D eigenvalue weighted by molar-refractivity contribution is 5.94. The van der Waals surface area contributed by atoms with Crippen LogP contribution >= 0.6 is 24.8 Å². The summed E-state index contributed by atoms with van der Waals surface area (Å²) in [6, 6.07) is 9.07. The number of nitrogens with two attached hydrogens (primary N) is 3. The minimum Gasteiger partial charge on any atom is -0.493 e. The Bertz CT molecular complexity index is 1810. The van der Waals surface area contributed by atoms with Crippen LogP contribution in [0.1, 0.15) is 64.3 Å². The van der Waals surface area contributed by atoms with Crippen LogP contribution in [0.4, 0.5) is 11.8 Å². The van der Waals surface area contributed by atoms with E-state index in [0.29, 0.717) is 39.3 Å². The van der Waals surface area contributed by atoms with Gasteiger partial charge in [-0.3, -0.25) is 4.79 Å². The number of aromatic carboxylic acids is 1. The number of ether oxygens (including phenoxy) is 2. The average molecular weight is 642 g/mol. The van der Waals surface area contributed by atoms with Gasteiger partial charge < -0.3 is 36.3 Å². The molecule has 44 heavy (non-hydrogen) atoms. The molecule has 4 aromatic rings. The summed E-state index contributed by atoms with van der Waals surface area (Å²) in [6.07, 6.45) is 6.21. The standard InChI is InChI=1S/C31H32N6O5.2ClH/c1-41-25-5-3-4-18(28(25)42-2)7-6-17-12-19(14-20-15-35-31(34)36-29(20)33)26-24(13-17)37(16-23(27(26)38)30(39)40)22-10-8-21(32)9-11-22;;/h3-5,12-13,15-16,21-22H,8-11,14,32H2,1-2H3,(H,39,40)(H4,33,34,35,36);2*1H. The summed E-state index contributed by atoms with van der Waals surface area (Å²) in [6.45, 7) is 0. The minimum atomic E-state index is -1.29. The molecule has 1 aliphatic rings. The number of hydrogen-bond acceptors (Lipinski definition) is 9. The van der Waals surface area contributed by atoms with Gasteiger partial charge in [0.2, 0.25) is 11.4 Å². The number of carboxylic acids is 1. The number of aromatic nitrogens is 3. The molecule has 0 bridgehead atoms. The smallest absolute Gasteiger partial charge is 0.341 e. The molecule has 5 rings (SSSR count). The molecule has 2 aromatic heterocycles. The number of hydrogen-bond donors (Lipinski definition) is 4. The molecule has 232 valence electrons. The molecule has 13 heteroatoms. The van der Waals surface area contributed by atoms with E-state index in [9.17, 15) is 14.7 Å². The highest BCUT2D eigenvalue weighted by Gasteiger charge is 2.25. The van der Waals surface area contributed by atoms with Crippen molar-refractivity contribution in [2.45, 2.75) is 44.2 Å². The van der Waals surface area contributed by atoms with E-state index in [1.165, 1.54) is 12.4 Å². The summed E-state index contributed by atoms with van der Waals surface area (Å²) in [7, 11) is 3.10. The van der Waals surface area contributed by atoms with Gasteiger partial charge in [0.15, 0.2) is 11.5 Å². The Hall–Kier alpha value is -4.50. The van der Waals surface area contributed by atoms with E-state index >= 15 is 0 Å². The predicted molar refractivity (Wildman–Crippen MR) is 174 cm³/mol. The lowest BCUT2D eigenvalue weighted by atomic mass is 9.90. The second kappa shape index (κ2) is 14.3. The van der Waals surface area contributed by atoms with E-state index in [1.807, 2.05) is 22.8 Å². The second-order valence-electron chi connectivity index (χ2n) is 10.3. The summed E-state index contributed by atoms with van der Waals surface area (Å²) >= 11 is 0. The molecule has 0 spiro atoms. The van der Waals surface area contributed by atoms with E-state index in [-0.39, 0.29) is 66.0 Å². The van der Waals surface area contributed by atoms with Crippen LogP contribution in [0.2, 0.25) is 0 Å². The number of carboxylic acid groups (broad SMARTS) is 1. The molecule has 11 nitrogen and oxygen atoms in total. The predicted octanol–water partition coefficient (Wildman–Crippen LogP) is 3.95. The van der Waals surface area contributed by atoms with Gasteiger partial charge in [0.1, 0.15) is 11.4 Å². The third-order valence-electron chi connectivity index (χ3n) is 7.62. The largest absolute Gasteiger partial charge is 0.493 e. The summed E-state index contributed by atoms with van der Waals surface area (Å²) < 4.78 is 12.8. The van der Waals surface area contributed by atoms with Crippen molar-refractivity contribution in [2.24, 2.45) is 5.73 Å². The lowest BCUT2D eigenvalue weighted by Gasteiger charge is -2.30. The number of methoxy groups -OCH3 is 2. The molecule has 0 saturated heterocycles. The molecule has 1 fully saturated rings. The number of nitrogens with zero attached hydrogens (tertiary/aromatic N) is 3. The zero-order valence-corrected chi connectivity index (χ0v) is 25.8. The van der Waals surface area contributed by atoms with Gasteiger partial charge in [-0.1, -0.05) is 17.9 Å². The van der Waals surface area contributed by atoms with Crippen LogP contribution in [0.5, 0.6) is 11.5 Å². The van der Waals surface area contributed by atoms with Crippen LogP contribution in [0.3, 0.4) is 0 Å². The molecule has 0 aliphatic heterocycles. The Balaban J connectivity index is 0.00000264. The number of benzene rings is 2. The zero-order valence-electron chi connectivity index (χ0n) is 24.2. The van der Waals surface area contributed by atoms with E-state index in [0.717, 1.165) is 25.7 Å². The molecule has 2 heterocycles. The number of pyridine rings is 1. The number of fused-ring (bicyclic) bond motifs is 1. The van der Waals surface area contributed by atoms with E-state index in [2.05, 4.69) is 21.8 Å². The Morgan fingerprint density at radius 1 is 1.07 bits per heavy atom. The summed E-state index contributed by atoms with van der Waals surface area (Å²) in [5, 5.41) is 10.3. The molecule has 7 N–H and O–H groups in total. The molecule has 1 saturated carbocycles. The summed E-state index contributed by atoms with van der Waals surface area (Å²) in [4.78, 5) is 34.0. The molecular formula is C31H34Cl2N6O5. The van der Waals surface area contributed by atoms with Crippen molar-refractivity contribution in [3.63, 3.8) is 0 Å². The van der Waals surface area contributed by atoms with Gasteiger partial charge in [-0.05, 0) is 55.5 Å². The van der Waals surface area contributed by atoms with E-state index < -0.39 is 11.4 Å². The highest BCUT2D eigenvalue weighted by atomic mass is 35.5. The normalized spacial score (nSPS) is 15.7. The van der Waals surface area contributed by atoms with Gasteiger partial charge in [0.25, 0.3) is 0 Å². The van der Waals surface area contributed by atoms with Crippen molar-refractivity contribution in [3.8, 4) is 23.3 Å². The fraction of sp³-hybridized carbons (Fsp3) is 0.290. The molecule has 1 aliphatic carbocycles. The minimum absolute atomic E-state index is 0. The first-order valence-electron chi connectivity index (χ1n) is 13.5. The average Bonchev–Trinajstić information content (AvgIpc) is 2.97. The maximum Gasteiger partial charge on any atom is 0.341 e. The number of carbonyl (C=O) groups is 1. The van der Waals surface area contributed by atoms with Crippen molar-refractivity contribution >= 4 is 53.5 Å². The first-order chi connectivity index (χ1) is 20.2. The lowest BCUT2D eigenvalue weighted by molar-refractivity contribution is 0.0694. The van der Waals surface area contributed by atoms with Gasteiger partial charge in [-0.15, -0.1) is 24.8 Å². The zero-order chi connectivity index (χ0) is 30.0. The van der Waals surface area contributed by atoms with E-state index in [4.69, 9.17) is 26.7 Å². The fourth-order valence-electron chi connectivity index (χ4n) is 5.50. The number of rotatable bonds is 6. The Labute approximate surface area is 266 Å². The van der Waals surface area contributed by atoms with Crippen LogP contribution < -0.4 is 32.1 Å². The molecule has 0 atom stereocenters. The molecule has 2 aromatic carbocycles. The third kappa shape index (κ3) is 6.83. The third-order valence-corrected chi connectivity index (χ3v) is 7.62. The van der Waals surface area contributed by atoms with Crippen molar-refractivity contribution in [2.75, 3.05) is 25.7 Å². The molecule has 0 unspecified atom stereocenters. The Kier molecular flexibility index (Phi) is 11.1. The fourth-order valence-corrected chi connectivity index (χ4v) is 5.50. The Morgan fingerprint density at radius 3 is 2.43 bits per heavy atom.